The Bertz CT molecular complexity index is 1170. The van der Waals surface area contributed by atoms with Crippen molar-refractivity contribution in [2.75, 3.05) is 31.2 Å². The van der Waals surface area contributed by atoms with E-state index in [1.807, 2.05) is 35.3 Å². The van der Waals surface area contributed by atoms with Gasteiger partial charge in [0.15, 0.2) is 5.78 Å². The predicted octanol–water partition coefficient (Wildman–Crippen LogP) is 4.65. The monoisotopic (exact) mass is 498 g/mol. The van der Waals surface area contributed by atoms with Gasteiger partial charge in [-0.25, -0.2) is 4.39 Å². The van der Waals surface area contributed by atoms with Crippen molar-refractivity contribution in [3.63, 3.8) is 0 Å². The molecule has 5 nitrogen and oxygen atoms in total. The first-order chi connectivity index (χ1) is 16.5. The fourth-order valence-corrected chi connectivity index (χ4v) is 5.97. The molecule has 1 amide bonds. The summed E-state index contributed by atoms with van der Waals surface area (Å²) in [5.41, 5.74) is 0.749. The van der Waals surface area contributed by atoms with Crippen LogP contribution >= 0.6 is 23.4 Å². The van der Waals surface area contributed by atoms with E-state index in [0.717, 1.165) is 17.3 Å². The van der Waals surface area contributed by atoms with E-state index < -0.39 is 16.7 Å². The number of hydrogen-bond donors (Lipinski definition) is 1. The van der Waals surface area contributed by atoms with Gasteiger partial charge in [-0.2, -0.15) is 0 Å². The van der Waals surface area contributed by atoms with Crippen molar-refractivity contribution in [2.24, 2.45) is 0 Å². The van der Waals surface area contributed by atoms with Crippen LogP contribution in [0.5, 0.6) is 0 Å². The molecule has 1 aliphatic carbocycles. The topological polar surface area (TPSA) is 58.6 Å². The maximum atomic E-state index is 15.3. The molecule has 0 bridgehead atoms. The Morgan fingerprint density at radius 3 is 2.62 bits per heavy atom. The molecule has 2 heterocycles. The lowest BCUT2D eigenvalue weighted by molar-refractivity contribution is -0.132. The standard InChI is InChI=1S/C26H24ClFN2O3S/c27-19-7-3-4-8-23(19)34-24-22(31)16-26(29-25(24)32,17-5-1-2-6-17)18-9-10-21(20(28)15-18)30-11-13-33-14-12-30/h1,3-10,15,24H,2,11-14,16H2,(H,29,32). The number of carbonyl (C=O) groups excluding carboxylic acids is 2. The van der Waals surface area contributed by atoms with Crippen LogP contribution in [0.3, 0.4) is 0 Å². The maximum Gasteiger partial charge on any atom is 0.242 e. The third kappa shape index (κ3) is 4.28. The third-order valence-corrected chi connectivity index (χ3v) is 8.21. The van der Waals surface area contributed by atoms with Gasteiger partial charge < -0.3 is 15.0 Å². The van der Waals surface area contributed by atoms with Crippen LogP contribution in [0.2, 0.25) is 5.02 Å². The SMILES string of the molecule is O=C1CC(C2=CCC=C2)(c2ccc(N3CCOCC3)c(F)c2)NC(=O)C1Sc1ccccc1Cl. The zero-order valence-electron chi connectivity index (χ0n) is 18.4. The van der Waals surface area contributed by atoms with Crippen molar-refractivity contribution in [2.45, 2.75) is 28.5 Å². The molecule has 2 unspecified atom stereocenters. The number of ketones is 1. The van der Waals surface area contributed by atoms with Crippen LogP contribution in [0.4, 0.5) is 10.1 Å². The summed E-state index contributed by atoms with van der Waals surface area (Å²) in [6.45, 7) is 2.34. The summed E-state index contributed by atoms with van der Waals surface area (Å²) in [7, 11) is 0. The molecule has 2 fully saturated rings. The second kappa shape index (κ2) is 9.56. The Morgan fingerprint density at radius 2 is 1.94 bits per heavy atom. The van der Waals surface area contributed by atoms with Crippen LogP contribution in [0.15, 0.2) is 71.2 Å². The third-order valence-electron chi connectivity index (χ3n) is 6.44. The molecule has 0 radical (unpaired) electrons. The van der Waals surface area contributed by atoms with Gasteiger partial charge in [-0.15, -0.1) is 11.8 Å². The van der Waals surface area contributed by atoms with E-state index in [-0.39, 0.29) is 18.0 Å². The Labute approximate surface area is 207 Å². The number of ether oxygens (including phenoxy) is 1. The summed E-state index contributed by atoms with van der Waals surface area (Å²) in [5, 5.41) is 2.66. The lowest BCUT2D eigenvalue weighted by Crippen LogP contribution is -2.58. The molecule has 0 saturated carbocycles. The minimum absolute atomic E-state index is 0.0351. The summed E-state index contributed by atoms with van der Waals surface area (Å²) in [6, 6.07) is 12.1. The van der Waals surface area contributed by atoms with Crippen LogP contribution in [-0.4, -0.2) is 43.2 Å². The van der Waals surface area contributed by atoms with E-state index in [2.05, 4.69) is 5.32 Å². The Kier molecular flexibility index (Phi) is 6.51. The van der Waals surface area contributed by atoms with Crippen LogP contribution in [0.25, 0.3) is 0 Å². The second-order valence-electron chi connectivity index (χ2n) is 8.53. The zero-order valence-corrected chi connectivity index (χ0v) is 20.0. The Balaban J connectivity index is 1.47. The van der Waals surface area contributed by atoms with Gasteiger partial charge in [-0.05, 0) is 41.8 Å². The van der Waals surface area contributed by atoms with E-state index >= 15 is 4.39 Å². The van der Waals surface area contributed by atoms with Gasteiger partial charge in [0.1, 0.15) is 11.1 Å². The number of Topliss-reactive ketones (excluding diaryl/α,β-unsaturated/α-hetero) is 1. The van der Waals surface area contributed by atoms with E-state index in [9.17, 15) is 9.59 Å². The van der Waals surface area contributed by atoms with Crippen molar-refractivity contribution in [1.29, 1.82) is 0 Å². The minimum Gasteiger partial charge on any atom is -0.378 e. The predicted molar refractivity (Wildman–Crippen MR) is 132 cm³/mol. The average Bonchev–Trinajstić information content (AvgIpc) is 3.38. The van der Waals surface area contributed by atoms with Gasteiger partial charge >= 0.3 is 0 Å². The summed E-state index contributed by atoms with van der Waals surface area (Å²) in [6.07, 6.45) is 6.59. The summed E-state index contributed by atoms with van der Waals surface area (Å²) in [4.78, 5) is 29.3. The smallest absolute Gasteiger partial charge is 0.242 e. The quantitative estimate of drug-likeness (QED) is 0.608. The maximum absolute atomic E-state index is 15.3. The van der Waals surface area contributed by atoms with Crippen molar-refractivity contribution >= 4 is 40.7 Å². The number of morpholine rings is 1. The number of rotatable bonds is 5. The zero-order chi connectivity index (χ0) is 23.7. The van der Waals surface area contributed by atoms with Crippen molar-refractivity contribution < 1.29 is 18.7 Å². The summed E-state index contributed by atoms with van der Waals surface area (Å²) < 4.78 is 20.7. The van der Waals surface area contributed by atoms with E-state index in [4.69, 9.17) is 16.3 Å². The first-order valence-electron chi connectivity index (χ1n) is 11.2. The van der Waals surface area contributed by atoms with E-state index in [1.165, 1.54) is 6.07 Å². The molecule has 5 rings (SSSR count). The molecular formula is C26H24ClFN2O3S. The number of anilines is 1. The van der Waals surface area contributed by atoms with Crippen LogP contribution in [0.1, 0.15) is 18.4 Å². The summed E-state index contributed by atoms with van der Waals surface area (Å²) in [5.74, 6) is -0.997. The highest BCUT2D eigenvalue weighted by Gasteiger charge is 2.48. The molecule has 2 atom stereocenters. The highest BCUT2D eigenvalue weighted by Crippen LogP contribution is 2.43. The number of piperidine rings is 1. The van der Waals surface area contributed by atoms with Gasteiger partial charge in [-0.3, -0.25) is 9.59 Å². The van der Waals surface area contributed by atoms with Crippen LogP contribution in [0, 0.1) is 5.82 Å². The van der Waals surface area contributed by atoms with E-state index in [1.54, 1.807) is 24.3 Å². The molecule has 1 N–H and O–H groups in total. The number of carbonyl (C=O) groups is 2. The number of thioether (sulfide) groups is 1. The van der Waals surface area contributed by atoms with Crippen molar-refractivity contribution in [3.8, 4) is 0 Å². The minimum atomic E-state index is -1.11. The molecule has 2 aromatic rings. The molecular weight excluding hydrogens is 475 g/mol. The number of hydrogen-bond acceptors (Lipinski definition) is 5. The molecule has 0 aromatic heterocycles. The summed E-state index contributed by atoms with van der Waals surface area (Å²) >= 11 is 7.40. The number of halogens is 2. The molecule has 176 valence electrons. The molecule has 0 spiro atoms. The Morgan fingerprint density at radius 1 is 1.15 bits per heavy atom. The Hall–Kier alpha value is -2.61. The van der Waals surface area contributed by atoms with Crippen molar-refractivity contribution in [3.05, 3.63) is 82.7 Å². The molecule has 34 heavy (non-hydrogen) atoms. The largest absolute Gasteiger partial charge is 0.378 e. The van der Waals surface area contributed by atoms with Crippen LogP contribution < -0.4 is 10.2 Å². The molecule has 2 aliphatic heterocycles. The fourth-order valence-electron chi connectivity index (χ4n) is 4.73. The average molecular weight is 499 g/mol. The van der Waals surface area contributed by atoms with Gasteiger partial charge in [0, 0.05) is 24.4 Å². The highest BCUT2D eigenvalue weighted by molar-refractivity contribution is 8.01. The second-order valence-corrected chi connectivity index (χ2v) is 10.1. The number of benzene rings is 2. The number of nitrogens with one attached hydrogen (secondary N) is 1. The lowest BCUT2D eigenvalue weighted by atomic mass is 9.75. The van der Waals surface area contributed by atoms with E-state index in [0.29, 0.717) is 53.9 Å². The first kappa shape index (κ1) is 23.1. The molecule has 2 saturated heterocycles. The highest BCUT2D eigenvalue weighted by atomic mass is 35.5. The van der Waals surface area contributed by atoms with Gasteiger partial charge in [0.25, 0.3) is 0 Å². The number of nitrogens with zero attached hydrogens (tertiary/aromatic N) is 1. The number of amides is 1. The van der Waals surface area contributed by atoms with Crippen LogP contribution in [-0.2, 0) is 19.9 Å². The molecule has 3 aliphatic rings. The van der Waals surface area contributed by atoms with Gasteiger partial charge in [0.05, 0.1) is 29.5 Å². The number of allylic oxidation sites excluding steroid dienone is 2. The molecule has 2 aromatic carbocycles. The normalized spacial score (nSPS) is 24.8. The molecule has 8 heteroatoms. The van der Waals surface area contributed by atoms with Crippen molar-refractivity contribution in [1.82, 2.24) is 5.32 Å². The first-order valence-corrected chi connectivity index (χ1v) is 12.5. The fraction of sp³-hybridized carbons (Fsp3) is 0.308. The van der Waals surface area contributed by atoms with Gasteiger partial charge in [-0.1, -0.05) is 48.0 Å². The lowest BCUT2D eigenvalue weighted by Gasteiger charge is -2.41. The van der Waals surface area contributed by atoms with Gasteiger partial charge in [0.2, 0.25) is 5.91 Å².